The molecule has 0 aliphatic rings. The highest BCUT2D eigenvalue weighted by molar-refractivity contribution is 5.17. The third kappa shape index (κ3) is 4.13. The zero-order valence-electron chi connectivity index (χ0n) is 11.4. The van der Waals surface area contributed by atoms with Crippen LogP contribution in [0.25, 0.3) is 0 Å². The van der Waals surface area contributed by atoms with Gasteiger partial charge in [0.25, 0.3) is 0 Å². The molecule has 1 aromatic heterocycles. The van der Waals surface area contributed by atoms with E-state index in [1.807, 2.05) is 42.5 Å². The smallest absolute Gasteiger partial charge is 0.0848 e. The van der Waals surface area contributed by atoms with Gasteiger partial charge in [-0.1, -0.05) is 36.4 Å². The SMILES string of the molecule is N[C@@H](Cc1ccccc1)[C@@H](O)[C@@H](N)Cc1cccnc1. The van der Waals surface area contributed by atoms with Crippen molar-refractivity contribution in [1.29, 1.82) is 0 Å². The van der Waals surface area contributed by atoms with Crippen LogP contribution in [0, 0.1) is 0 Å². The predicted octanol–water partition coefficient (Wildman–Crippen LogP) is 0.882. The summed E-state index contributed by atoms with van der Waals surface area (Å²) < 4.78 is 0. The summed E-state index contributed by atoms with van der Waals surface area (Å²) in [5.41, 5.74) is 14.2. The van der Waals surface area contributed by atoms with Crippen LogP contribution in [0.5, 0.6) is 0 Å². The fourth-order valence-corrected chi connectivity index (χ4v) is 2.24. The van der Waals surface area contributed by atoms with Crippen molar-refractivity contribution < 1.29 is 5.11 Å². The van der Waals surface area contributed by atoms with Crippen LogP contribution in [0.1, 0.15) is 11.1 Å². The van der Waals surface area contributed by atoms with Crippen molar-refractivity contribution in [3.63, 3.8) is 0 Å². The largest absolute Gasteiger partial charge is 0.390 e. The standard InChI is InChI=1S/C16H21N3O/c17-14(9-12-5-2-1-3-6-12)16(20)15(18)10-13-7-4-8-19-11-13/h1-8,11,14-16,20H,9-10,17-18H2/t14-,15-,16+/m0/s1. The molecule has 0 amide bonds. The first kappa shape index (κ1) is 14.7. The predicted molar refractivity (Wildman–Crippen MR) is 80.0 cm³/mol. The topological polar surface area (TPSA) is 85.2 Å². The first-order chi connectivity index (χ1) is 9.66. The van der Waals surface area contributed by atoms with Crippen molar-refractivity contribution in [3.05, 3.63) is 66.0 Å². The molecular weight excluding hydrogens is 250 g/mol. The van der Waals surface area contributed by atoms with E-state index in [0.717, 1.165) is 11.1 Å². The summed E-state index contributed by atoms with van der Waals surface area (Å²) in [6.07, 6.45) is 3.91. The second-order valence-electron chi connectivity index (χ2n) is 5.07. The minimum atomic E-state index is -0.740. The van der Waals surface area contributed by atoms with Gasteiger partial charge in [-0.2, -0.15) is 0 Å². The van der Waals surface area contributed by atoms with Crippen molar-refractivity contribution in [1.82, 2.24) is 4.98 Å². The van der Waals surface area contributed by atoms with Crippen molar-refractivity contribution in [2.45, 2.75) is 31.0 Å². The molecule has 0 aliphatic carbocycles. The Morgan fingerprint density at radius 1 is 0.900 bits per heavy atom. The Balaban J connectivity index is 1.91. The molecule has 1 aromatic carbocycles. The van der Waals surface area contributed by atoms with E-state index in [1.165, 1.54) is 0 Å². The van der Waals surface area contributed by atoms with Gasteiger partial charge in [0.15, 0.2) is 0 Å². The van der Waals surface area contributed by atoms with Crippen LogP contribution in [-0.4, -0.2) is 28.3 Å². The molecule has 0 radical (unpaired) electrons. The molecule has 0 aliphatic heterocycles. The Kier molecular flexibility index (Phi) is 5.24. The maximum Gasteiger partial charge on any atom is 0.0848 e. The molecule has 1 heterocycles. The lowest BCUT2D eigenvalue weighted by molar-refractivity contribution is 0.116. The monoisotopic (exact) mass is 271 g/mol. The maximum atomic E-state index is 10.2. The van der Waals surface area contributed by atoms with Crippen LogP contribution in [0.4, 0.5) is 0 Å². The van der Waals surface area contributed by atoms with Gasteiger partial charge in [-0.3, -0.25) is 4.98 Å². The first-order valence-corrected chi connectivity index (χ1v) is 6.79. The lowest BCUT2D eigenvalue weighted by Gasteiger charge is -2.24. The van der Waals surface area contributed by atoms with Crippen LogP contribution >= 0.6 is 0 Å². The molecule has 106 valence electrons. The Labute approximate surface area is 119 Å². The fourth-order valence-electron chi connectivity index (χ4n) is 2.24. The second-order valence-corrected chi connectivity index (χ2v) is 5.07. The Bertz CT molecular complexity index is 456. The molecule has 0 saturated heterocycles. The third-order valence-electron chi connectivity index (χ3n) is 3.39. The van der Waals surface area contributed by atoms with Crippen molar-refractivity contribution in [3.8, 4) is 0 Å². The summed E-state index contributed by atoms with van der Waals surface area (Å²) in [5.74, 6) is 0. The van der Waals surface area contributed by atoms with Gasteiger partial charge in [0, 0.05) is 24.5 Å². The number of aliphatic hydroxyl groups is 1. The normalized spacial score (nSPS) is 15.6. The molecule has 3 atom stereocenters. The van der Waals surface area contributed by atoms with E-state index >= 15 is 0 Å². The van der Waals surface area contributed by atoms with Crippen LogP contribution < -0.4 is 11.5 Å². The number of aliphatic hydroxyl groups excluding tert-OH is 1. The van der Waals surface area contributed by atoms with E-state index in [9.17, 15) is 5.11 Å². The van der Waals surface area contributed by atoms with Gasteiger partial charge in [-0.25, -0.2) is 0 Å². The Morgan fingerprint density at radius 3 is 2.10 bits per heavy atom. The van der Waals surface area contributed by atoms with Crippen LogP contribution in [0.2, 0.25) is 0 Å². The molecule has 20 heavy (non-hydrogen) atoms. The lowest BCUT2D eigenvalue weighted by atomic mass is 9.94. The molecule has 0 saturated carbocycles. The fraction of sp³-hybridized carbons (Fsp3) is 0.312. The van der Waals surface area contributed by atoms with Gasteiger partial charge >= 0.3 is 0 Å². The zero-order chi connectivity index (χ0) is 14.4. The Hall–Kier alpha value is -1.75. The second kappa shape index (κ2) is 7.14. The molecule has 0 spiro atoms. The van der Waals surface area contributed by atoms with Crippen molar-refractivity contribution in [2.75, 3.05) is 0 Å². The molecular formula is C16H21N3O. The van der Waals surface area contributed by atoms with E-state index in [4.69, 9.17) is 11.5 Å². The number of aromatic nitrogens is 1. The Morgan fingerprint density at radius 2 is 1.50 bits per heavy atom. The van der Waals surface area contributed by atoms with E-state index in [1.54, 1.807) is 12.4 Å². The molecule has 5 N–H and O–H groups in total. The van der Waals surface area contributed by atoms with E-state index in [2.05, 4.69) is 4.98 Å². The molecule has 0 unspecified atom stereocenters. The highest BCUT2D eigenvalue weighted by atomic mass is 16.3. The molecule has 0 fully saturated rings. The number of rotatable bonds is 6. The van der Waals surface area contributed by atoms with Crippen LogP contribution in [0.15, 0.2) is 54.9 Å². The van der Waals surface area contributed by atoms with Crippen LogP contribution in [-0.2, 0) is 12.8 Å². The summed E-state index contributed by atoms with van der Waals surface area (Å²) in [7, 11) is 0. The van der Waals surface area contributed by atoms with Gasteiger partial charge in [-0.05, 0) is 30.0 Å². The van der Waals surface area contributed by atoms with Crippen molar-refractivity contribution >= 4 is 0 Å². The van der Waals surface area contributed by atoms with Gasteiger partial charge in [0.05, 0.1) is 6.10 Å². The van der Waals surface area contributed by atoms with Crippen LogP contribution in [0.3, 0.4) is 0 Å². The summed E-state index contributed by atoms with van der Waals surface area (Å²) in [4.78, 5) is 4.04. The third-order valence-corrected chi connectivity index (χ3v) is 3.39. The van der Waals surface area contributed by atoms with Gasteiger partial charge in [-0.15, -0.1) is 0 Å². The quantitative estimate of drug-likeness (QED) is 0.728. The van der Waals surface area contributed by atoms with E-state index < -0.39 is 12.1 Å². The van der Waals surface area contributed by atoms with E-state index in [0.29, 0.717) is 12.8 Å². The summed E-state index contributed by atoms with van der Waals surface area (Å²) in [6, 6.07) is 12.9. The van der Waals surface area contributed by atoms with Gasteiger partial charge in [0.2, 0.25) is 0 Å². The molecule has 0 bridgehead atoms. The highest BCUT2D eigenvalue weighted by Gasteiger charge is 2.22. The summed E-state index contributed by atoms with van der Waals surface area (Å²) in [5, 5.41) is 10.2. The average molecular weight is 271 g/mol. The number of hydrogen-bond donors (Lipinski definition) is 3. The molecule has 4 heteroatoms. The number of benzene rings is 1. The maximum absolute atomic E-state index is 10.2. The minimum absolute atomic E-state index is 0.371. The number of pyridine rings is 1. The number of hydrogen-bond acceptors (Lipinski definition) is 4. The number of nitrogens with zero attached hydrogens (tertiary/aromatic N) is 1. The molecule has 4 nitrogen and oxygen atoms in total. The average Bonchev–Trinajstić information content (AvgIpc) is 2.48. The van der Waals surface area contributed by atoms with E-state index in [-0.39, 0.29) is 6.04 Å². The molecule has 2 rings (SSSR count). The molecule has 2 aromatic rings. The summed E-state index contributed by atoms with van der Waals surface area (Å²) >= 11 is 0. The minimum Gasteiger partial charge on any atom is -0.390 e. The summed E-state index contributed by atoms with van der Waals surface area (Å²) in [6.45, 7) is 0. The van der Waals surface area contributed by atoms with Crippen molar-refractivity contribution in [2.24, 2.45) is 11.5 Å². The van der Waals surface area contributed by atoms with Gasteiger partial charge < -0.3 is 16.6 Å². The zero-order valence-corrected chi connectivity index (χ0v) is 11.4. The number of nitrogens with two attached hydrogens (primary N) is 2. The first-order valence-electron chi connectivity index (χ1n) is 6.79. The van der Waals surface area contributed by atoms with Gasteiger partial charge in [0.1, 0.15) is 0 Å². The lowest BCUT2D eigenvalue weighted by Crippen LogP contribution is -2.49. The highest BCUT2D eigenvalue weighted by Crippen LogP contribution is 2.09.